The van der Waals surface area contributed by atoms with Crippen LogP contribution in [0.15, 0.2) is 29.4 Å². The zero-order chi connectivity index (χ0) is 12.2. The largest absolute Gasteiger partial charge is 0.328 e. The minimum atomic E-state index is -3.68. The topological polar surface area (TPSA) is 55.7 Å². The lowest BCUT2D eigenvalue weighted by atomic mass is 10.2. The number of hydrogen-bond donors (Lipinski definition) is 0. The van der Waals surface area contributed by atoms with E-state index >= 15 is 0 Å². The molecule has 1 aromatic rings. The van der Waals surface area contributed by atoms with Crippen molar-refractivity contribution in [1.29, 1.82) is 0 Å². The quantitative estimate of drug-likeness (QED) is 0.619. The van der Waals surface area contributed by atoms with E-state index in [0.717, 1.165) is 0 Å². The molecule has 0 bridgehead atoms. The van der Waals surface area contributed by atoms with Gasteiger partial charge in [-0.1, -0.05) is 16.8 Å². The van der Waals surface area contributed by atoms with Crippen molar-refractivity contribution >= 4 is 26.9 Å². The van der Waals surface area contributed by atoms with Crippen LogP contribution < -0.4 is 0 Å². The van der Waals surface area contributed by atoms with E-state index in [2.05, 4.69) is 9.44 Å². The molecule has 0 spiro atoms. The van der Waals surface area contributed by atoms with Gasteiger partial charge in [-0.15, -0.1) is 0 Å². The van der Waals surface area contributed by atoms with Crippen molar-refractivity contribution in [3.63, 3.8) is 0 Å². The number of halogens is 2. The van der Waals surface area contributed by atoms with Gasteiger partial charge >= 0.3 is 10.1 Å². The van der Waals surface area contributed by atoms with Crippen LogP contribution in [-0.2, 0) is 14.4 Å². The van der Waals surface area contributed by atoms with Gasteiger partial charge < -0.3 is 0 Å². The molecule has 0 saturated carbocycles. The van der Waals surface area contributed by atoms with Crippen LogP contribution >= 0.6 is 11.6 Å². The molecule has 1 aromatic carbocycles. The third-order valence-corrected chi connectivity index (χ3v) is 2.96. The molecule has 0 saturated heterocycles. The van der Waals surface area contributed by atoms with Gasteiger partial charge in [0, 0.05) is 5.56 Å². The van der Waals surface area contributed by atoms with Crippen molar-refractivity contribution in [2.75, 3.05) is 5.75 Å². The average molecular weight is 266 g/mol. The monoisotopic (exact) mass is 265 g/mol. The van der Waals surface area contributed by atoms with Crippen LogP contribution in [0.1, 0.15) is 12.5 Å². The van der Waals surface area contributed by atoms with Crippen molar-refractivity contribution < 1.29 is 17.1 Å². The van der Waals surface area contributed by atoms with Gasteiger partial charge in [-0.3, -0.25) is 4.28 Å². The fourth-order valence-electron chi connectivity index (χ4n) is 0.782. The number of benzene rings is 1. The second-order valence-electron chi connectivity index (χ2n) is 2.81. The SMILES string of the molecule is CCS(=O)(=O)ON=C(Cl)c1ccc(F)cc1. The molecular weight excluding hydrogens is 257 g/mol. The molecule has 0 fully saturated rings. The van der Waals surface area contributed by atoms with Gasteiger partial charge in [0.1, 0.15) is 5.82 Å². The third-order valence-electron chi connectivity index (χ3n) is 1.67. The minimum absolute atomic E-state index is 0.156. The van der Waals surface area contributed by atoms with Crippen molar-refractivity contribution in [2.45, 2.75) is 6.92 Å². The molecule has 88 valence electrons. The molecule has 0 heterocycles. The zero-order valence-electron chi connectivity index (χ0n) is 8.35. The average Bonchev–Trinajstić information content (AvgIpc) is 2.27. The highest BCUT2D eigenvalue weighted by Gasteiger charge is 2.08. The highest BCUT2D eigenvalue weighted by molar-refractivity contribution is 7.86. The first-order chi connectivity index (χ1) is 7.44. The predicted molar refractivity (Wildman–Crippen MR) is 59.3 cm³/mol. The molecule has 0 unspecified atom stereocenters. The smallest absolute Gasteiger partial charge is 0.267 e. The summed E-state index contributed by atoms with van der Waals surface area (Å²) in [6.07, 6.45) is 0. The van der Waals surface area contributed by atoms with E-state index in [1.165, 1.54) is 31.2 Å². The molecule has 0 aliphatic heterocycles. The molecular formula is C9H9ClFNO3S. The van der Waals surface area contributed by atoms with Crippen LogP contribution in [0, 0.1) is 5.82 Å². The molecule has 7 heteroatoms. The molecule has 4 nitrogen and oxygen atoms in total. The van der Waals surface area contributed by atoms with E-state index in [9.17, 15) is 12.8 Å². The lowest BCUT2D eigenvalue weighted by Gasteiger charge is -1.99. The van der Waals surface area contributed by atoms with Gasteiger partial charge in [0.15, 0.2) is 5.17 Å². The maximum Gasteiger partial charge on any atom is 0.328 e. The summed E-state index contributed by atoms with van der Waals surface area (Å²) in [5.41, 5.74) is 0.370. The van der Waals surface area contributed by atoms with Gasteiger partial charge in [-0.2, -0.15) is 8.42 Å². The Labute approximate surface area is 97.8 Å². The summed E-state index contributed by atoms with van der Waals surface area (Å²) < 4.78 is 38.7. The van der Waals surface area contributed by atoms with E-state index in [1.54, 1.807) is 0 Å². The summed E-state index contributed by atoms with van der Waals surface area (Å²) in [4.78, 5) is 0. The molecule has 16 heavy (non-hydrogen) atoms. The summed E-state index contributed by atoms with van der Waals surface area (Å²) in [6, 6.07) is 5.09. The van der Waals surface area contributed by atoms with Crippen LogP contribution in [0.25, 0.3) is 0 Å². The first kappa shape index (κ1) is 12.9. The summed E-state index contributed by atoms with van der Waals surface area (Å²) in [6.45, 7) is 1.41. The molecule has 0 radical (unpaired) electrons. The Bertz CT molecular complexity index is 484. The van der Waals surface area contributed by atoms with E-state index < -0.39 is 15.9 Å². The van der Waals surface area contributed by atoms with Crippen LogP contribution in [0.5, 0.6) is 0 Å². The maximum absolute atomic E-state index is 12.6. The van der Waals surface area contributed by atoms with E-state index in [4.69, 9.17) is 11.6 Å². The van der Waals surface area contributed by atoms with Crippen LogP contribution in [-0.4, -0.2) is 19.3 Å². The molecule has 1 rings (SSSR count). The molecule has 0 amide bonds. The molecule has 0 N–H and O–H groups in total. The Balaban J connectivity index is 2.82. The normalized spacial score (nSPS) is 12.6. The number of rotatable bonds is 4. The maximum atomic E-state index is 12.6. The number of nitrogens with zero attached hydrogens (tertiary/aromatic N) is 1. The zero-order valence-corrected chi connectivity index (χ0v) is 9.93. The van der Waals surface area contributed by atoms with E-state index in [1.807, 2.05) is 0 Å². The highest BCUT2D eigenvalue weighted by Crippen LogP contribution is 2.08. The summed E-state index contributed by atoms with van der Waals surface area (Å²) >= 11 is 5.66. The van der Waals surface area contributed by atoms with Gasteiger partial charge in [-0.05, 0) is 31.2 Å². The fourth-order valence-corrected chi connectivity index (χ4v) is 1.28. The lowest BCUT2D eigenvalue weighted by molar-refractivity contribution is 0.341. The summed E-state index contributed by atoms with van der Waals surface area (Å²) in [5, 5.41) is 3.08. The first-order valence-electron chi connectivity index (χ1n) is 4.35. The molecule has 0 aromatic heterocycles. The lowest BCUT2D eigenvalue weighted by Crippen LogP contribution is -2.05. The number of oxime groups is 1. The Kier molecular flexibility index (Phi) is 4.26. The number of hydrogen-bond acceptors (Lipinski definition) is 4. The third kappa shape index (κ3) is 3.79. The Morgan fingerprint density at radius 1 is 1.44 bits per heavy atom. The second kappa shape index (κ2) is 5.27. The Morgan fingerprint density at radius 2 is 2.00 bits per heavy atom. The fraction of sp³-hybridized carbons (Fsp3) is 0.222. The standard InChI is InChI=1S/C9H9ClFNO3S/c1-2-16(13,14)15-12-9(10)7-3-5-8(11)6-4-7/h3-6H,2H2,1H3. The second-order valence-corrected chi connectivity index (χ2v) is 5.01. The predicted octanol–water partition coefficient (Wildman–Crippen LogP) is 2.09. The van der Waals surface area contributed by atoms with Crippen molar-refractivity contribution in [2.24, 2.45) is 5.16 Å². The Hall–Kier alpha value is -1.14. The van der Waals surface area contributed by atoms with Crippen molar-refractivity contribution in [3.8, 4) is 0 Å². The van der Waals surface area contributed by atoms with E-state index in [0.29, 0.717) is 5.56 Å². The summed E-state index contributed by atoms with van der Waals surface area (Å²) in [7, 11) is -3.68. The van der Waals surface area contributed by atoms with Gasteiger partial charge in [0.25, 0.3) is 0 Å². The summed E-state index contributed by atoms with van der Waals surface area (Å²) in [5.74, 6) is -0.625. The van der Waals surface area contributed by atoms with Crippen LogP contribution in [0.2, 0.25) is 0 Å². The van der Waals surface area contributed by atoms with Crippen molar-refractivity contribution in [3.05, 3.63) is 35.6 Å². The van der Waals surface area contributed by atoms with Crippen LogP contribution in [0.4, 0.5) is 4.39 Å². The van der Waals surface area contributed by atoms with Gasteiger partial charge in [0.2, 0.25) is 0 Å². The van der Waals surface area contributed by atoms with Crippen molar-refractivity contribution in [1.82, 2.24) is 0 Å². The van der Waals surface area contributed by atoms with Gasteiger partial charge in [-0.25, -0.2) is 4.39 Å². The van der Waals surface area contributed by atoms with E-state index in [-0.39, 0.29) is 10.9 Å². The highest BCUT2D eigenvalue weighted by atomic mass is 35.5. The van der Waals surface area contributed by atoms with Crippen LogP contribution in [0.3, 0.4) is 0 Å². The first-order valence-corrected chi connectivity index (χ1v) is 6.31. The minimum Gasteiger partial charge on any atom is -0.267 e. The Morgan fingerprint density at radius 3 is 2.50 bits per heavy atom. The molecule has 0 aliphatic carbocycles. The molecule has 0 aliphatic rings. The van der Waals surface area contributed by atoms with Gasteiger partial charge in [0.05, 0.1) is 5.75 Å². The molecule has 0 atom stereocenters.